The van der Waals surface area contributed by atoms with Crippen molar-refractivity contribution < 1.29 is 4.79 Å². The molecule has 3 N–H and O–H groups in total. The van der Waals surface area contributed by atoms with Crippen LogP contribution in [0.4, 0.5) is 5.69 Å². The molecule has 2 aromatic carbocycles. The first-order valence-corrected chi connectivity index (χ1v) is 6.94. The molecule has 3 heteroatoms. The third-order valence-electron chi connectivity index (χ3n) is 3.83. The van der Waals surface area contributed by atoms with E-state index in [2.05, 4.69) is 17.4 Å². The van der Waals surface area contributed by atoms with E-state index in [0.717, 1.165) is 18.7 Å². The lowest BCUT2D eigenvalue weighted by molar-refractivity contribution is 0.102. The molecule has 3 nitrogen and oxygen atoms in total. The van der Waals surface area contributed by atoms with E-state index in [-0.39, 0.29) is 5.91 Å². The smallest absolute Gasteiger partial charge is 0.255 e. The number of carbonyl (C=O) groups excluding carboxylic acids is 1. The van der Waals surface area contributed by atoms with Gasteiger partial charge in [0.25, 0.3) is 5.91 Å². The summed E-state index contributed by atoms with van der Waals surface area (Å²) >= 11 is 0. The van der Waals surface area contributed by atoms with Gasteiger partial charge in [0.1, 0.15) is 0 Å². The molecular weight excluding hydrogens is 248 g/mol. The highest BCUT2D eigenvalue weighted by atomic mass is 16.1. The van der Waals surface area contributed by atoms with Crippen molar-refractivity contribution in [1.82, 2.24) is 0 Å². The average molecular weight is 266 g/mol. The molecule has 1 saturated carbocycles. The zero-order chi connectivity index (χ0) is 13.9. The van der Waals surface area contributed by atoms with Crippen LogP contribution in [0, 0.1) is 5.92 Å². The minimum atomic E-state index is -0.0751. The van der Waals surface area contributed by atoms with Gasteiger partial charge in [-0.1, -0.05) is 30.3 Å². The van der Waals surface area contributed by atoms with Crippen LogP contribution in [-0.2, 0) is 0 Å². The summed E-state index contributed by atoms with van der Waals surface area (Å²) in [6.07, 6.45) is 1.16. The molecule has 20 heavy (non-hydrogen) atoms. The number of amides is 1. The number of hydrogen-bond acceptors (Lipinski definition) is 2. The Morgan fingerprint density at radius 3 is 2.65 bits per heavy atom. The maximum atomic E-state index is 12.1. The van der Waals surface area contributed by atoms with Gasteiger partial charge in [0.05, 0.1) is 0 Å². The van der Waals surface area contributed by atoms with Crippen molar-refractivity contribution >= 4 is 11.6 Å². The van der Waals surface area contributed by atoms with Crippen LogP contribution < -0.4 is 11.1 Å². The fourth-order valence-electron chi connectivity index (χ4n) is 2.56. The lowest BCUT2D eigenvalue weighted by atomic mass is 10.1. The molecule has 1 amide bonds. The first kappa shape index (κ1) is 12.9. The topological polar surface area (TPSA) is 55.1 Å². The van der Waals surface area contributed by atoms with E-state index in [1.54, 1.807) is 0 Å². The Morgan fingerprint density at radius 1 is 1.15 bits per heavy atom. The Bertz CT molecular complexity index is 609. The standard InChI is InChI=1S/C17H18N2O/c18-11-14-10-16(14)13-7-4-8-15(9-13)19-17(20)12-5-2-1-3-6-12/h1-9,14,16H,10-11,18H2,(H,19,20)/t14-,16-/m0/s1. The Kier molecular flexibility index (Phi) is 3.52. The van der Waals surface area contributed by atoms with Gasteiger partial charge in [0, 0.05) is 11.3 Å². The Hall–Kier alpha value is -2.13. The van der Waals surface area contributed by atoms with Gasteiger partial charge in [0.15, 0.2) is 0 Å². The van der Waals surface area contributed by atoms with Gasteiger partial charge in [-0.05, 0) is 54.6 Å². The maximum absolute atomic E-state index is 12.1. The van der Waals surface area contributed by atoms with Gasteiger partial charge < -0.3 is 11.1 Å². The van der Waals surface area contributed by atoms with E-state index in [1.807, 2.05) is 42.5 Å². The third-order valence-corrected chi connectivity index (χ3v) is 3.83. The van der Waals surface area contributed by atoms with Gasteiger partial charge in [-0.3, -0.25) is 4.79 Å². The van der Waals surface area contributed by atoms with Crippen molar-refractivity contribution in [1.29, 1.82) is 0 Å². The van der Waals surface area contributed by atoms with Crippen molar-refractivity contribution in [2.75, 3.05) is 11.9 Å². The lowest BCUT2D eigenvalue weighted by Crippen LogP contribution is -2.11. The molecule has 1 fully saturated rings. The molecule has 0 bridgehead atoms. The number of carbonyl (C=O) groups is 1. The quantitative estimate of drug-likeness (QED) is 0.893. The monoisotopic (exact) mass is 266 g/mol. The van der Waals surface area contributed by atoms with Gasteiger partial charge in [0.2, 0.25) is 0 Å². The zero-order valence-electron chi connectivity index (χ0n) is 11.3. The first-order valence-electron chi connectivity index (χ1n) is 6.94. The fraction of sp³-hybridized carbons (Fsp3) is 0.235. The van der Waals surface area contributed by atoms with Gasteiger partial charge >= 0.3 is 0 Å². The number of rotatable bonds is 4. The van der Waals surface area contributed by atoms with Crippen molar-refractivity contribution in [2.45, 2.75) is 12.3 Å². The summed E-state index contributed by atoms with van der Waals surface area (Å²) in [6.45, 7) is 0.741. The van der Waals surface area contributed by atoms with Crippen molar-refractivity contribution in [3.05, 3.63) is 65.7 Å². The molecule has 0 saturated heterocycles. The number of hydrogen-bond donors (Lipinski definition) is 2. The summed E-state index contributed by atoms with van der Waals surface area (Å²) in [5, 5.41) is 2.94. The van der Waals surface area contributed by atoms with Crippen LogP contribution in [0.1, 0.15) is 28.3 Å². The van der Waals surface area contributed by atoms with Crippen molar-refractivity contribution in [3.63, 3.8) is 0 Å². The van der Waals surface area contributed by atoms with Crippen LogP contribution in [0.25, 0.3) is 0 Å². The predicted molar refractivity (Wildman–Crippen MR) is 80.7 cm³/mol. The van der Waals surface area contributed by atoms with Gasteiger partial charge in [-0.25, -0.2) is 0 Å². The predicted octanol–water partition coefficient (Wildman–Crippen LogP) is 3.00. The maximum Gasteiger partial charge on any atom is 0.255 e. The van der Waals surface area contributed by atoms with Crippen LogP contribution in [0.2, 0.25) is 0 Å². The van der Waals surface area contributed by atoms with E-state index >= 15 is 0 Å². The van der Waals surface area contributed by atoms with E-state index in [0.29, 0.717) is 17.4 Å². The lowest BCUT2D eigenvalue weighted by Gasteiger charge is -2.07. The normalized spacial score (nSPS) is 20.4. The average Bonchev–Trinajstić information content (AvgIpc) is 3.28. The first-order chi connectivity index (χ1) is 9.78. The van der Waals surface area contributed by atoms with E-state index in [1.165, 1.54) is 5.56 Å². The molecule has 0 unspecified atom stereocenters. The van der Waals surface area contributed by atoms with Crippen LogP contribution in [0.15, 0.2) is 54.6 Å². The molecule has 0 spiro atoms. The Morgan fingerprint density at radius 2 is 1.95 bits per heavy atom. The molecule has 0 aromatic heterocycles. The second-order valence-electron chi connectivity index (χ2n) is 5.28. The van der Waals surface area contributed by atoms with Gasteiger partial charge in [-0.15, -0.1) is 0 Å². The summed E-state index contributed by atoms with van der Waals surface area (Å²) in [7, 11) is 0. The molecule has 0 aliphatic heterocycles. The molecule has 102 valence electrons. The third kappa shape index (κ3) is 2.73. The second-order valence-corrected chi connectivity index (χ2v) is 5.28. The fourth-order valence-corrected chi connectivity index (χ4v) is 2.56. The van der Waals surface area contributed by atoms with Crippen molar-refractivity contribution in [2.24, 2.45) is 11.7 Å². The highest BCUT2D eigenvalue weighted by Crippen LogP contribution is 2.46. The largest absolute Gasteiger partial charge is 0.330 e. The molecule has 2 aromatic rings. The highest BCUT2D eigenvalue weighted by Gasteiger charge is 2.36. The van der Waals surface area contributed by atoms with E-state index < -0.39 is 0 Å². The Labute approximate surface area is 118 Å². The second kappa shape index (κ2) is 5.47. The Balaban J connectivity index is 1.72. The summed E-state index contributed by atoms with van der Waals surface area (Å²) in [6, 6.07) is 17.3. The number of anilines is 1. The number of nitrogens with two attached hydrogens (primary N) is 1. The van der Waals surface area contributed by atoms with E-state index in [4.69, 9.17) is 5.73 Å². The minimum absolute atomic E-state index is 0.0751. The molecule has 1 aliphatic carbocycles. The summed E-state index contributed by atoms with van der Waals surface area (Å²) in [5.41, 5.74) is 8.47. The SMILES string of the molecule is NC[C@@H]1C[C@H]1c1cccc(NC(=O)c2ccccc2)c1. The minimum Gasteiger partial charge on any atom is -0.330 e. The van der Waals surface area contributed by atoms with Crippen molar-refractivity contribution in [3.8, 4) is 0 Å². The highest BCUT2D eigenvalue weighted by molar-refractivity contribution is 6.04. The number of benzene rings is 2. The molecule has 3 rings (SSSR count). The zero-order valence-corrected chi connectivity index (χ0v) is 11.3. The van der Waals surface area contributed by atoms with E-state index in [9.17, 15) is 4.79 Å². The molecular formula is C17H18N2O. The van der Waals surface area contributed by atoms with Crippen LogP contribution >= 0.6 is 0 Å². The van der Waals surface area contributed by atoms with Crippen LogP contribution in [-0.4, -0.2) is 12.5 Å². The molecule has 0 heterocycles. The van der Waals surface area contributed by atoms with Crippen LogP contribution in [0.5, 0.6) is 0 Å². The van der Waals surface area contributed by atoms with Crippen LogP contribution in [0.3, 0.4) is 0 Å². The molecule has 1 aliphatic rings. The molecule has 2 atom stereocenters. The van der Waals surface area contributed by atoms with Gasteiger partial charge in [-0.2, -0.15) is 0 Å². The summed E-state index contributed by atoms with van der Waals surface area (Å²) in [4.78, 5) is 12.1. The summed E-state index contributed by atoms with van der Waals surface area (Å²) < 4.78 is 0. The number of nitrogens with one attached hydrogen (secondary N) is 1. The summed E-state index contributed by atoms with van der Waals surface area (Å²) in [5.74, 6) is 1.09. The molecule has 0 radical (unpaired) electrons.